The molecule has 5 rings (SSSR count). The molecular weight excluding hydrogens is 474 g/mol. The molecule has 0 radical (unpaired) electrons. The molecule has 4 aromatic carbocycles. The fourth-order valence-electron chi connectivity index (χ4n) is 4.57. The maximum atomic E-state index is 13.0. The van der Waals surface area contributed by atoms with Gasteiger partial charge in [0.25, 0.3) is 10.1 Å². The van der Waals surface area contributed by atoms with Gasteiger partial charge in [0.15, 0.2) is 0 Å². The topological polar surface area (TPSA) is 63.6 Å². The van der Waals surface area contributed by atoms with E-state index in [-0.39, 0.29) is 34.5 Å². The minimum absolute atomic E-state index is 0. The van der Waals surface area contributed by atoms with E-state index in [9.17, 15) is 13.0 Å². The van der Waals surface area contributed by atoms with Crippen LogP contribution in [-0.2, 0) is 15.5 Å². The third-order valence-corrected chi connectivity index (χ3v) is 9.61. The van der Waals surface area contributed by atoms with E-state index in [4.69, 9.17) is 4.74 Å². The van der Waals surface area contributed by atoms with Crippen molar-refractivity contribution in [1.29, 1.82) is 0 Å². The molecule has 0 aromatic heterocycles. The van der Waals surface area contributed by atoms with E-state index in [1.165, 1.54) is 0 Å². The third kappa shape index (κ3) is 4.37. The van der Waals surface area contributed by atoms with Crippen molar-refractivity contribution >= 4 is 63.5 Å². The Balaban J connectivity index is 0.00000274. The Morgan fingerprint density at radius 2 is 1.26 bits per heavy atom. The molecule has 0 bridgehead atoms. The molecule has 168 valence electrons. The second kappa shape index (κ2) is 9.58. The molecule has 7 heteroatoms. The molecule has 0 saturated carbocycles. The zero-order valence-corrected chi connectivity index (χ0v) is 20.0. The number of hydrogen-bond acceptors (Lipinski definition) is 3. The predicted molar refractivity (Wildman–Crippen MR) is 141 cm³/mol. The van der Waals surface area contributed by atoms with Crippen LogP contribution in [0.4, 0.5) is 0 Å². The molecule has 1 N–H and O–H groups in total. The summed E-state index contributed by atoms with van der Waals surface area (Å²) in [6.45, 7) is 3.94. The van der Waals surface area contributed by atoms with Crippen LogP contribution in [0, 0.1) is 0 Å². The molecule has 0 saturated heterocycles. The average molecular weight is 499 g/mol. The second-order valence-electron chi connectivity index (χ2n) is 8.49. The Hall–Kier alpha value is -1.98. The Bertz CT molecular complexity index is 1400. The molecule has 0 aliphatic carbocycles. The summed E-state index contributed by atoms with van der Waals surface area (Å²) in [5.41, 5.74) is 0.670. The van der Waals surface area contributed by atoms with Gasteiger partial charge in [-0.3, -0.25) is 4.55 Å². The van der Waals surface area contributed by atoms with Crippen LogP contribution in [0.2, 0.25) is 0 Å². The van der Waals surface area contributed by atoms with Crippen molar-refractivity contribution in [3.8, 4) is 11.5 Å². The standard InChI is InChI=1S/C27H23O4PS.Na.H/c1-27(2)21-15-9-10-16-22(21)31-23-17-18-24(26(25(23)27)33(28,29)30)32(19-11-5-3-6-12-19)20-13-7-4-8-14-20;;/h3-18H,1-2H3,(H,28,29,30);;. The Morgan fingerprint density at radius 1 is 0.735 bits per heavy atom. The van der Waals surface area contributed by atoms with E-state index in [0.29, 0.717) is 22.4 Å². The molecule has 1 aliphatic heterocycles. The number of ether oxygens (including phenoxy) is 1. The van der Waals surface area contributed by atoms with Gasteiger partial charge in [-0.25, -0.2) is 0 Å². The van der Waals surface area contributed by atoms with Crippen molar-refractivity contribution in [2.45, 2.75) is 24.2 Å². The molecule has 34 heavy (non-hydrogen) atoms. The Kier molecular flexibility index (Phi) is 7.08. The van der Waals surface area contributed by atoms with E-state index in [1.807, 2.05) is 105 Å². The molecule has 1 aliphatic rings. The number of hydrogen-bond donors (Lipinski definition) is 1. The summed E-state index contributed by atoms with van der Waals surface area (Å²) in [5.74, 6) is 1.14. The summed E-state index contributed by atoms with van der Waals surface area (Å²) in [7, 11) is -5.82. The third-order valence-electron chi connectivity index (χ3n) is 6.03. The fourth-order valence-corrected chi connectivity index (χ4v) is 8.47. The van der Waals surface area contributed by atoms with Crippen molar-refractivity contribution in [3.05, 3.63) is 108 Å². The van der Waals surface area contributed by atoms with Crippen molar-refractivity contribution < 1.29 is 17.7 Å². The number of rotatable bonds is 4. The summed E-state index contributed by atoms with van der Waals surface area (Å²) in [5, 5.41) is 2.58. The van der Waals surface area contributed by atoms with Crippen LogP contribution in [0.1, 0.15) is 25.0 Å². The van der Waals surface area contributed by atoms with E-state index >= 15 is 0 Å². The SMILES string of the molecule is CC1(C)c2ccccc2Oc2ccc(P(c3ccccc3)c3ccccc3)c(S(=O)(=O)O)c21.[NaH]. The van der Waals surface area contributed by atoms with Gasteiger partial charge in [0.05, 0.1) is 0 Å². The van der Waals surface area contributed by atoms with E-state index < -0.39 is 23.5 Å². The van der Waals surface area contributed by atoms with Gasteiger partial charge >= 0.3 is 29.6 Å². The molecule has 1 heterocycles. The maximum absolute atomic E-state index is 13.0. The number of para-hydroxylation sites is 1. The van der Waals surface area contributed by atoms with Gasteiger partial charge < -0.3 is 4.74 Å². The summed E-state index contributed by atoms with van der Waals surface area (Å²) in [4.78, 5) is -0.0571. The first-order valence-corrected chi connectivity index (χ1v) is 13.4. The van der Waals surface area contributed by atoms with Gasteiger partial charge in [0, 0.05) is 21.8 Å². The van der Waals surface area contributed by atoms with E-state index in [0.717, 1.165) is 16.2 Å². The first-order chi connectivity index (χ1) is 15.8. The van der Waals surface area contributed by atoms with E-state index in [2.05, 4.69) is 0 Å². The zero-order chi connectivity index (χ0) is 23.2. The normalized spacial score (nSPS) is 13.9. The second-order valence-corrected chi connectivity index (χ2v) is 12.0. The zero-order valence-electron chi connectivity index (χ0n) is 18.3. The van der Waals surface area contributed by atoms with Crippen LogP contribution in [0.15, 0.2) is 102 Å². The first-order valence-electron chi connectivity index (χ1n) is 10.6. The van der Waals surface area contributed by atoms with Crippen LogP contribution in [0.5, 0.6) is 11.5 Å². The van der Waals surface area contributed by atoms with Gasteiger partial charge in [-0.05, 0) is 36.7 Å². The van der Waals surface area contributed by atoms with Crippen LogP contribution in [-0.4, -0.2) is 42.5 Å². The van der Waals surface area contributed by atoms with Gasteiger partial charge in [-0.15, -0.1) is 0 Å². The van der Waals surface area contributed by atoms with Gasteiger partial charge in [0.2, 0.25) is 0 Å². The van der Waals surface area contributed by atoms with Gasteiger partial charge in [-0.2, -0.15) is 8.42 Å². The Labute approximate surface area is 223 Å². The van der Waals surface area contributed by atoms with Crippen LogP contribution in [0.3, 0.4) is 0 Å². The molecule has 0 amide bonds. The number of benzene rings is 4. The number of fused-ring (bicyclic) bond motifs is 2. The fraction of sp³-hybridized carbons (Fsp3) is 0.111. The molecular formula is C27H24NaO4PS. The van der Waals surface area contributed by atoms with Crippen molar-refractivity contribution in [1.82, 2.24) is 0 Å². The molecule has 4 aromatic rings. The van der Waals surface area contributed by atoms with Crippen LogP contribution in [0.25, 0.3) is 0 Å². The minimum atomic E-state index is -4.57. The Morgan fingerprint density at radius 3 is 1.82 bits per heavy atom. The first kappa shape index (κ1) is 25.1. The monoisotopic (exact) mass is 498 g/mol. The van der Waals surface area contributed by atoms with Gasteiger partial charge in [0.1, 0.15) is 16.4 Å². The molecule has 0 fully saturated rings. The van der Waals surface area contributed by atoms with E-state index in [1.54, 1.807) is 6.07 Å². The molecule has 0 atom stereocenters. The van der Waals surface area contributed by atoms with Crippen molar-refractivity contribution in [2.24, 2.45) is 0 Å². The van der Waals surface area contributed by atoms with Crippen molar-refractivity contribution in [3.63, 3.8) is 0 Å². The van der Waals surface area contributed by atoms with Crippen molar-refractivity contribution in [2.75, 3.05) is 0 Å². The summed E-state index contributed by atoms with van der Waals surface area (Å²) < 4.78 is 42.7. The van der Waals surface area contributed by atoms with Crippen LogP contribution >= 0.6 is 7.92 Å². The summed E-state index contributed by atoms with van der Waals surface area (Å²) >= 11 is 0. The summed E-state index contributed by atoms with van der Waals surface area (Å²) in [6.07, 6.45) is 0. The van der Waals surface area contributed by atoms with Gasteiger partial charge in [-0.1, -0.05) is 92.7 Å². The molecule has 4 nitrogen and oxygen atoms in total. The molecule has 0 spiro atoms. The predicted octanol–water partition coefficient (Wildman–Crippen LogP) is 4.47. The summed E-state index contributed by atoms with van der Waals surface area (Å²) in [6, 6.07) is 30.9. The van der Waals surface area contributed by atoms with Crippen LogP contribution < -0.4 is 20.7 Å². The quantitative estimate of drug-likeness (QED) is 0.256. The average Bonchev–Trinajstić information content (AvgIpc) is 2.80. The molecule has 0 unspecified atom stereocenters.